The number of ether oxygens (including phenoxy) is 1. The summed E-state index contributed by atoms with van der Waals surface area (Å²) in [7, 11) is 1.33. The minimum atomic E-state index is -0.366. The van der Waals surface area contributed by atoms with Crippen molar-refractivity contribution in [3.8, 4) is 0 Å². The molecule has 0 heterocycles. The van der Waals surface area contributed by atoms with Crippen LogP contribution in [0.25, 0.3) is 0 Å². The van der Waals surface area contributed by atoms with Crippen molar-refractivity contribution in [2.24, 2.45) is 0 Å². The second-order valence-electron chi connectivity index (χ2n) is 1.21. The Balaban J connectivity index is 3.79. The standard InChI is InChI=1S/C5H8O2S2/c1-7-4(6)3-5(8)9-2/h3,8H,1-2H3. The van der Waals surface area contributed by atoms with Gasteiger partial charge >= 0.3 is 5.97 Å². The Hall–Kier alpha value is -0.0900. The molecule has 0 amide bonds. The van der Waals surface area contributed by atoms with Crippen molar-refractivity contribution in [3.63, 3.8) is 0 Å². The highest BCUT2D eigenvalue weighted by atomic mass is 32.2. The number of carbonyl (C=O) groups excluding carboxylic acids is 1. The summed E-state index contributed by atoms with van der Waals surface area (Å²) in [6.45, 7) is 0. The van der Waals surface area contributed by atoms with Gasteiger partial charge in [0.1, 0.15) is 0 Å². The van der Waals surface area contributed by atoms with E-state index in [0.717, 1.165) is 0 Å². The minimum absolute atomic E-state index is 0.366. The zero-order valence-electron chi connectivity index (χ0n) is 5.25. The molecule has 0 radical (unpaired) electrons. The van der Waals surface area contributed by atoms with E-state index in [0.29, 0.717) is 4.24 Å². The molecule has 0 fully saturated rings. The fraction of sp³-hybridized carbons (Fsp3) is 0.400. The third-order valence-electron chi connectivity index (χ3n) is 0.652. The van der Waals surface area contributed by atoms with Crippen molar-refractivity contribution in [2.75, 3.05) is 13.4 Å². The van der Waals surface area contributed by atoms with Crippen LogP contribution in [0.1, 0.15) is 0 Å². The lowest BCUT2D eigenvalue weighted by molar-refractivity contribution is -0.134. The molecule has 0 saturated carbocycles. The summed E-state index contributed by atoms with van der Waals surface area (Å²) in [5.41, 5.74) is 0. The van der Waals surface area contributed by atoms with E-state index in [4.69, 9.17) is 0 Å². The Morgan fingerprint density at radius 3 is 2.67 bits per heavy atom. The third-order valence-corrected chi connectivity index (χ3v) is 1.86. The maximum Gasteiger partial charge on any atom is 0.332 e. The van der Waals surface area contributed by atoms with Crippen LogP contribution >= 0.6 is 24.4 Å². The first-order chi connectivity index (χ1) is 4.20. The number of rotatable bonds is 2. The van der Waals surface area contributed by atoms with E-state index in [-0.39, 0.29) is 5.97 Å². The SMILES string of the molecule is COC(=O)C=C(S)SC. The summed E-state index contributed by atoms with van der Waals surface area (Å²) >= 11 is 5.34. The first-order valence-corrected chi connectivity index (χ1v) is 3.90. The highest BCUT2D eigenvalue weighted by Crippen LogP contribution is 2.14. The number of thiol groups is 1. The number of hydrogen-bond donors (Lipinski definition) is 1. The first-order valence-electron chi connectivity index (χ1n) is 2.23. The normalized spacial score (nSPS) is 11.2. The Labute approximate surface area is 64.1 Å². The molecule has 0 aliphatic carbocycles. The van der Waals surface area contributed by atoms with Crippen LogP contribution in [0.4, 0.5) is 0 Å². The predicted molar refractivity (Wildman–Crippen MR) is 42.6 cm³/mol. The number of methoxy groups -OCH3 is 1. The van der Waals surface area contributed by atoms with E-state index in [2.05, 4.69) is 17.4 Å². The van der Waals surface area contributed by atoms with Gasteiger partial charge in [0.25, 0.3) is 0 Å². The van der Waals surface area contributed by atoms with Crippen LogP contribution in [0.2, 0.25) is 0 Å². The largest absolute Gasteiger partial charge is 0.466 e. The van der Waals surface area contributed by atoms with Gasteiger partial charge in [0, 0.05) is 10.3 Å². The topological polar surface area (TPSA) is 26.3 Å². The average Bonchev–Trinajstić information content (AvgIpc) is 1.87. The fourth-order valence-corrected chi connectivity index (χ4v) is 0.538. The molecule has 0 aliphatic heterocycles. The van der Waals surface area contributed by atoms with Gasteiger partial charge in [0.2, 0.25) is 0 Å². The second-order valence-corrected chi connectivity index (χ2v) is 2.84. The molecule has 0 bridgehead atoms. The van der Waals surface area contributed by atoms with E-state index in [9.17, 15) is 4.79 Å². The van der Waals surface area contributed by atoms with Gasteiger partial charge in [-0.3, -0.25) is 0 Å². The molecule has 0 aromatic carbocycles. The first kappa shape index (κ1) is 8.91. The Morgan fingerprint density at radius 2 is 2.33 bits per heavy atom. The summed E-state index contributed by atoms with van der Waals surface area (Å²) in [6, 6.07) is 0. The van der Waals surface area contributed by atoms with Gasteiger partial charge < -0.3 is 4.74 Å². The van der Waals surface area contributed by atoms with Gasteiger partial charge in [-0.2, -0.15) is 0 Å². The zero-order chi connectivity index (χ0) is 7.28. The molecule has 0 N–H and O–H groups in total. The summed E-state index contributed by atoms with van der Waals surface area (Å²) in [6.07, 6.45) is 3.16. The molecule has 0 aromatic rings. The van der Waals surface area contributed by atoms with Crippen LogP contribution in [0.3, 0.4) is 0 Å². The van der Waals surface area contributed by atoms with Crippen molar-refractivity contribution in [2.45, 2.75) is 0 Å². The smallest absolute Gasteiger partial charge is 0.332 e. The van der Waals surface area contributed by atoms with Gasteiger partial charge in [-0.15, -0.1) is 24.4 Å². The van der Waals surface area contributed by atoms with E-state index < -0.39 is 0 Å². The highest BCUT2D eigenvalue weighted by Gasteiger charge is 1.93. The summed E-state index contributed by atoms with van der Waals surface area (Å²) in [4.78, 5) is 10.4. The summed E-state index contributed by atoms with van der Waals surface area (Å²) < 4.78 is 5.00. The third kappa shape index (κ3) is 4.42. The molecule has 0 rings (SSSR count). The van der Waals surface area contributed by atoms with E-state index in [1.54, 1.807) is 0 Å². The predicted octanol–water partition coefficient (Wildman–Crippen LogP) is 1.29. The van der Waals surface area contributed by atoms with E-state index in [1.807, 2.05) is 6.26 Å². The number of carbonyl (C=O) groups is 1. The van der Waals surface area contributed by atoms with Gasteiger partial charge in [0.15, 0.2) is 0 Å². The quantitative estimate of drug-likeness (QED) is 0.378. The lowest BCUT2D eigenvalue weighted by Gasteiger charge is -1.91. The van der Waals surface area contributed by atoms with Crippen LogP contribution in [-0.2, 0) is 9.53 Å². The van der Waals surface area contributed by atoms with Crippen LogP contribution in [0, 0.1) is 0 Å². The Bertz CT molecular complexity index is 131. The fourth-order valence-electron chi connectivity index (χ4n) is 0.219. The number of hydrogen-bond acceptors (Lipinski definition) is 4. The molecular formula is C5H8O2S2. The molecule has 52 valence electrons. The monoisotopic (exact) mass is 164 g/mol. The summed E-state index contributed by atoms with van der Waals surface area (Å²) in [5, 5.41) is 0. The Morgan fingerprint density at radius 1 is 1.78 bits per heavy atom. The van der Waals surface area contributed by atoms with Gasteiger partial charge in [0.05, 0.1) is 7.11 Å². The molecule has 2 nitrogen and oxygen atoms in total. The number of thioether (sulfide) groups is 1. The van der Waals surface area contributed by atoms with Crippen LogP contribution in [0.15, 0.2) is 10.3 Å². The molecular weight excluding hydrogens is 156 g/mol. The van der Waals surface area contributed by atoms with Crippen LogP contribution in [-0.4, -0.2) is 19.3 Å². The maximum absolute atomic E-state index is 10.4. The van der Waals surface area contributed by atoms with Crippen LogP contribution in [0.5, 0.6) is 0 Å². The van der Waals surface area contributed by atoms with Crippen molar-refractivity contribution in [1.82, 2.24) is 0 Å². The molecule has 0 unspecified atom stereocenters. The molecule has 9 heavy (non-hydrogen) atoms. The van der Waals surface area contributed by atoms with E-state index in [1.165, 1.54) is 24.9 Å². The van der Waals surface area contributed by atoms with Crippen molar-refractivity contribution < 1.29 is 9.53 Å². The van der Waals surface area contributed by atoms with Crippen molar-refractivity contribution >= 4 is 30.4 Å². The lowest BCUT2D eigenvalue weighted by Crippen LogP contribution is -1.93. The Kier molecular flexibility index (Phi) is 4.71. The van der Waals surface area contributed by atoms with Gasteiger partial charge in [-0.25, -0.2) is 4.79 Å². The number of esters is 1. The average molecular weight is 164 g/mol. The highest BCUT2D eigenvalue weighted by molar-refractivity contribution is 8.15. The second kappa shape index (κ2) is 4.76. The minimum Gasteiger partial charge on any atom is -0.466 e. The molecule has 0 saturated heterocycles. The van der Waals surface area contributed by atoms with Crippen molar-refractivity contribution in [1.29, 1.82) is 0 Å². The molecule has 0 spiro atoms. The molecule has 4 heteroatoms. The molecule has 0 aliphatic rings. The summed E-state index contributed by atoms with van der Waals surface area (Å²) in [5.74, 6) is -0.366. The van der Waals surface area contributed by atoms with Gasteiger partial charge in [-0.05, 0) is 6.26 Å². The maximum atomic E-state index is 10.4. The van der Waals surface area contributed by atoms with Gasteiger partial charge in [-0.1, -0.05) is 0 Å². The lowest BCUT2D eigenvalue weighted by atomic mass is 10.7. The van der Waals surface area contributed by atoms with Crippen LogP contribution < -0.4 is 0 Å². The molecule has 0 aromatic heterocycles. The zero-order valence-corrected chi connectivity index (χ0v) is 6.96. The van der Waals surface area contributed by atoms with Crippen molar-refractivity contribution in [3.05, 3.63) is 10.3 Å². The molecule has 0 atom stereocenters. The van der Waals surface area contributed by atoms with E-state index >= 15 is 0 Å².